The third-order valence-corrected chi connectivity index (χ3v) is 3.69. The van der Waals surface area contributed by atoms with Gasteiger partial charge in [-0.1, -0.05) is 18.9 Å². The van der Waals surface area contributed by atoms with E-state index in [-0.39, 0.29) is 5.82 Å². The van der Waals surface area contributed by atoms with Crippen LogP contribution >= 0.6 is 0 Å². The van der Waals surface area contributed by atoms with Crippen LogP contribution in [0.15, 0.2) is 18.2 Å². The fourth-order valence-electron chi connectivity index (χ4n) is 2.85. The zero-order valence-electron chi connectivity index (χ0n) is 9.38. The second-order valence-electron chi connectivity index (χ2n) is 4.71. The Labute approximate surface area is 95.4 Å². The number of benzene rings is 1. The fourth-order valence-corrected chi connectivity index (χ4v) is 2.85. The van der Waals surface area contributed by atoms with Crippen LogP contribution in [0.3, 0.4) is 0 Å². The first-order valence-electron chi connectivity index (χ1n) is 6.15. The predicted octanol–water partition coefficient (Wildman–Crippen LogP) is 3.00. The van der Waals surface area contributed by atoms with Crippen LogP contribution in [-0.2, 0) is 0 Å². The molecule has 1 aromatic carbocycles. The van der Waals surface area contributed by atoms with E-state index in [0.717, 1.165) is 18.8 Å². The maximum atomic E-state index is 13.6. The molecule has 3 rings (SSSR count). The molecule has 3 heteroatoms. The van der Waals surface area contributed by atoms with Gasteiger partial charge < -0.3 is 10.2 Å². The Bertz CT molecular complexity index is 392. The summed E-state index contributed by atoms with van der Waals surface area (Å²) in [6, 6.07) is 5.92. The minimum Gasteiger partial charge on any atom is -0.379 e. The van der Waals surface area contributed by atoms with Crippen molar-refractivity contribution >= 4 is 11.4 Å². The number of halogens is 1. The van der Waals surface area contributed by atoms with Crippen LogP contribution in [0, 0.1) is 5.82 Å². The van der Waals surface area contributed by atoms with Gasteiger partial charge in [0.2, 0.25) is 0 Å². The number of rotatable bonds is 0. The molecule has 1 N–H and O–H groups in total. The van der Waals surface area contributed by atoms with E-state index in [0.29, 0.717) is 11.7 Å². The normalized spacial score (nSPS) is 24.1. The topological polar surface area (TPSA) is 15.3 Å². The predicted molar refractivity (Wildman–Crippen MR) is 64.5 cm³/mol. The van der Waals surface area contributed by atoms with E-state index in [2.05, 4.69) is 10.2 Å². The largest absolute Gasteiger partial charge is 0.379 e. The number of fused-ring (bicyclic) bond motifs is 3. The number of anilines is 2. The van der Waals surface area contributed by atoms with Gasteiger partial charge in [-0.3, -0.25) is 0 Å². The second-order valence-corrected chi connectivity index (χ2v) is 4.71. The van der Waals surface area contributed by atoms with E-state index in [1.54, 1.807) is 0 Å². The molecule has 2 aliphatic heterocycles. The third-order valence-electron chi connectivity index (χ3n) is 3.69. The molecule has 1 saturated heterocycles. The van der Waals surface area contributed by atoms with Crippen molar-refractivity contribution in [3.8, 4) is 0 Å². The molecule has 0 aromatic heterocycles. The van der Waals surface area contributed by atoms with Gasteiger partial charge in [-0.05, 0) is 25.0 Å². The van der Waals surface area contributed by atoms with E-state index < -0.39 is 0 Å². The van der Waals surface area contributed by atoms with Crippen molar-refractivity contribution in [2.75, 3.05) is 23.3 Å². The van der Waals surface area contributed by atoms with E-state index in [9.17, 15) is 4.39 Å². The molecule has 1 aromatic rings. The van der Waals surface area contributed by atoms with Gasteiger partial charge in [-0.2, -0.15) is 0 Å². The quantitative estimate of drug-likeness (QED) is 0.723. The highest BCUT2D eigenvalue weighted by Gasteiger charge is 2.28. The molecule has 0 aliphatic carbocycles. The van der Waals surface area contributed by atoms with Gasteiger partial charge in [-0.15, -0.1) is 0 Å². The molecule has 1 fully saturated rings. The molecule has 16 heavy (non-hydrogen) atoms. The maximum absolute atomic E-state index is 13.6. The van der Waals surface area contributed by atoms with Crippen LogP contribution in [0.4, 0.5) is 15.8 Å². The van der Waals surface area contributed by atoms with Crippen LogP contribution in [0.5, 0.6) is 0 Å². The number of hydrogen-bond donors (Lipinski definition) is 1. The van der Waals surface area contributed by atoms with Crippen molar-refractivity contribution in [1.82, 2.24) is 0 Å². The molecule has 0 spiro atoms. The minimum absolute atomic E-state index is 0.125. The summed E-state index contributed by atoms with van der Waals surface area (Å²) in [5, 5.41) is 3.24. The van der Waals surface area contributed by atoms with Crippen molar-refractivity contribution < 1.29 is 4.39 Å². The summed E-state index contributed by atoms with van der Waals surface area (Å²) in [6.07, 6.45) is 5.06. The van der Waals surface area contributed by atoms with E-state index in [4.69, 9.17) is 0 Å². The third kappa shape index (κ3) is 1.55. The second kappa shape index (κ2) is 3.96. The van der Waals surface area contributed by atoms with Gasteiger partial charge in [0.15, 0.2) is 0 Å². The van der Waals surface area contributed by atoms with Crippen LogP contribution < -0.4 is 10.2 Å². The molecular formula is C13H17FN2. The zero-order valence-corrected chi connectivity index (χ0v) is 9.38. The SMILES string of the molecule is Fc1cccc2c1NCC1CCCCCN21. The smallest absolute Gasteiger partial charge is 0.148 e. The van der Waals surface area contributed by atoms with Gasteiger partial charge in [0.05, 0.1) is 11.4 Å². The summed E-state index contributed by atoms with van der Waals surface area (Å²) in [5.41, 5.74) is 1.75. The van der Waals surface area contributed by atoms with Gasteiger partial charge >= 0.3 is 0 Å². The number of para-hydroxylation sites is 1. The molecule has 0 radical (unpaired) electrons. The van der Waals surface area contributed by atoms with Crippen LogP contribution in [0.25, 0.3) is 0 Å². The first-order chi connectivity index (χ1) is 7.86. The zero-order chi connectivity index (χ0) is 11.0. The van der Waals surface area contributed by atoms with Gasteiger partial charge in [0.25, 0.3) is 0 Å². The van der Waals surface area contributed by atoms with Crippen molar-refractivity contribution in [2.45, 2.75) is 31.7 Å². The summed E-state index contributed by atoms with van der Waals surface area (Å²) < 4.78 is 13.6. The van der Waals surface area contributed by atoms with Crippen molar-refractivity contribution in [3.63, 3.8) is 0 Å². The Morgan fingerprint density at radius 1 is 1.25 bits per heavy atom. The van der Waals surface area contributed by atoms with Crippen LogP contribution in [-0.4, -0.2) is 19.1 Å². The summed E-state index contributed by atoms with van der Waals surface area (Å²) in [5.74, 6) is -0.125. The molecule has 2 aliphatic rings. The average molecular weight is 220 g/mol. The Balaban J connectivity index is 2.00. The monoisotopic (exact) mass is 220 g/mol. The molecule has 0 amide bonds. The van der Waals surface area contributed by atoms with E-state index in [1.807, 2.05) is 12.1 Å². The fraction of sp³-hybridized carbons (Fsp3) is 0.538. The molecule has 2 nitrogen and oxygen atoms in total. The van der Waals surface area contributed by atoms with Crippen molar-refractivity contribution in [2.24, 2.45) is 0 Å². The highest BCUT2D eigenvalue weighted by molar-refractivity contribution is 5.73. The van der Waals surface area contributed by atoms with E-state index >= 15 is 0 Å². The molecule has 86 valence electrons. The van der Waals surface area contributed by atoms with Crippen LogP contribution in [0.1, 0.15) is 25.7 Å². The molecule has 1 unspecified atom stereocenters. The Morgan fingerprint density at radius 2 is 2.19 bits per heavy atom. The molecule has 1 atom stereocenters. The Kier molecular flexibility index (Phi) is 2.46. The standard InChI is InChI=1S/C13H17FN2/c14-11-6-4-7-12-13(11)15-9-10-5-2-1-3-8-16(10)12/h4,6-7,10,15H,1-3,5,8-9H2. The van der Waals surface area contributed by atoms with Gasteiger partial charge in [0.1, 0.15) is 5.82 Å². The minimum atomic E-state index is -0.125. The Morgan fingerprint density at radius 3 is 3.12 bits per heavy atom. The lowest BCUT2D eigenvalue weighted by atomic mass is 10.1. The van der Waals surface area contributed by atoms with Gasteiger partial charge in [-0.25, -0.2) is 4.39 Å². The average Bonchev–Trinajstić information content (AvgIpc) is 2.54. The first-order valence-corrected chi connectivity index (χ1v) is 6.15. The summed E-state index contributed by atoms with van der Waals surface area (Å²) in [6.45, 7) is 1.96. The van der Waals surface area contributed by atoms with Gasteiger partial charge in [0, 0.05) is 19.1 Å². The summed E-state index contributed by atoms with van der Waals surface area (Å²) in [7, 11) is 0. The molecule has 2 heterocycles. The highest BCUT2D eigenvalue weighted by Crippen LogP contribution is 2.36. The summed E-state index contributed by atoms with van der Waals surface area (Å²) in [4.78, 5) is 2.39. The summed E-state index contributed by atoms with van der Waals surface area (Å²) >= 11 is 0. The molecule has 0 bridgehead atoms. The van der Waals surface area contributed by atoms with Crippen molar-refractivity contribution in [1.29, 1.82) is 0 Å². The lowest BCUT2D eigenvalue weighted by Crippen LogP contribution is -2.43. The Hall–Kier alpha value is -1.25. The lowest BCUT2D eigenvalue weighted by molar-refractivity contribution is 0.570. The molecule has 0 saturated carbocycles. The number of nitrogens with zero attached hydrogens (tertiary/aromatic N) is 1. The number of nitrogens with one attached hydrogen (secondary N) is 1. The first kappa shape index (κ1) is 9.94. The number of hydrogen-bond acceptors (Lipinski definition) is 2. The highest BCUT2D eigenvalue weighted by atomic mass is 19.1. The van der Waals surface area contributed by atoms with Crippen molar-refractivity contribution in [3.05, 3.63) is 24.0 Å². The lowest BCUT2D eigenvalue weighted by Gasteiger charge is -2.38. The molecular weight excluding hydrogens is 203 g/mol. The van der Waals surface area contributed by atoms with E-state index in [1.165, 1.54) is 31.7 Å². The van der Waals surface area contributed by atoms with Crippen LogP contribution in [0.2, 0.25) is 0 Å². The maximum Gasteiger partial charge on any atom is 0.148 e.